The summed E-state index contributed by atoms with van der Waals surface area (Å²) in [5.41, 5.74) is 1.22. The lowest BCUT2D eigenvalue weighted by Crippen LogP contribution is -2.53. The first-order chi connectivity index (χ1) is 26.2. The summed E-state index contributed by atoms with van der Waals surface area (Å²) in [6, 6.07) is 0. The number of rotatable bonds is 28. The second kappa shape index (κ2) is 24.9. The molecule has 54 heavy (non-hydrogen) atoms. The molecular formula is C52H94O2. The van der Waals surface area contributed by atoms with Crippen LogP contribution in [0.25, 0.3) is 0 Å². The molecule has 2 heteroatoms. The van der Waals surface area contributed by atoms with Gasteiger partial charge in [0, 0.05) is 6.08 Å². The lowest BCUT2D eigenvalue weighted by Gasteiger charge is -2.61. The Morgan fingerprint density at radius 2 is 1.19 bits per heavy atom. The Hall–Kier alpha value is -0.790. The molecule has 0 amide bonds. The van der Waals surface area contributed by atoms with E-state index in [1.807, 2.05) is 0 Å². The number of ether oxygens (including phenoxy) is 1. The van der Waals surface area contributed by atoms with E-state index in [9.17, 15) is 4.79 Å². The molecule has 0 heterocycles. The molecular weight excluding hydrogens is 657 g/mol. The molecule has 0 radical (unpaired) electrons. The van der Waals surface area contributed by atoms with Crippen LogP contribution >= 0.6 is 0 Å². The van der Waals surface area contributed by atoms with Crippen LogP contribution in [-0.2, 0) is 9.53 Å². The van der Waals surface area contributed by atoms with Gasteiger partial charge in [0.25, 0.3) is 0 Å². The van der Waals surface area contributed by atoms with E-state index in [-0.39, 0.29) is 5.97 Å². The van der Waals surface area contributed by atoms with Gasteiger partial charge in [-0.25, -0.2) is 4.79 Å². The molecule has 4 aliphatic carbocycles. The Morgan fingerprint density at radius 3 is 1.80 bits per heavy atom. The number of unbranched alkanes of at least 4 members (excludes halogenated alkanes) is 19. The summed E-state index contributed by atoms with van der Waals surface area (Å²) in [7, 11) is 0. The summed E-state index contributed by atoms with van der Waals surface area (Å²) >= 11 is 0. The third-order valence-electron chi connectivity index (χ3n) is 17.1. The zero-order valence-electron chi connectivity index (χ0n) is 37.4. The molecule has 4 saturated carbocycles. The van der Waals surface area contributed by atoms with Crippen molar-refractivity contribution in [2.45, 2.75) is 247 Å². The van der Waals surface area contributed by atoms with Crippen molar-refractivity contribution >= 4 is 5.97 Å². The second-order valence-corrected chi connectivity index (χ2v) is 20.8. The maximum Gasteiger partial charge on any atom is 0.330 e. The van der Waals surface area contributed by atoms with Crippen LogP contribution in [0.15, 0.2) is 12.2 Å². The van der Waals surface area contributed by atoms with Crippen LogP contribution < -0.4 is 0 Å². The van der Waals surface area contributed by atoms with Crippen LogP contribution in [0.5, 0.6) is 0 Å². The Morgan fingerprint density at radius 1 is 0.611 bits per heavy atom. The maximum atomic E-state index is 12.5. The average Bonchev–Trinajstić information content (AvgIpc) is 3.53. The highest BCUT2D eigenvalue weighted by atomic mass is 16.5. The topological polar surface area (TPSA) is 26.3 Å². The monoisotopic (exact) mass is 751 g/mol. The first-order valence-corrected chi connectivity index (χ1v) is 25.0. The normalized spacial score (nSPS) is 31.1. The van der Waals surface area contributed by atoms with E-state index in [4.69, 9.17) is 4.74 Å². The van der Waals surface area contributed by atoms with Crippen LogP contribution in [0.3, 0.4) is 0 Å². The fourth-order valence-corrected chi connectivity index (χ4v) is 13.2. The SMILES string of the molecule is CCCCCCCCCCCCCCCCCCCCCC=CC(=O)OCC(C)[C@@H](C)CC[C@@H](C)[C@H]1CC[C@H]2[C@@H]3CCC4CCCC[C@]4(C)[C@H]3CC[C@]12C. The van der Waals surface area contributed by atoms with Gasteiger partial charge in [-0.05, 0) is 122 Å². The van der Waals surface area contributed by atoms with E-state index in [1.165, 1.54) is 199 Å². The van der Waals surface area contributed by atoms with Gasteiger partial charge >= 0.3 is 5.97 Å². The minimum absolute atomic E-state index is 0.142. The van der Waals surface area contributed by atoms with Gasteiger partial charge in [-0.1, -0.05) is 189 Å². The molecule has 0 aliphatic heterocycles. The van der Waals surface area contributed by atoms with Crippen molar-refractivity contribution < 1.29 is 9.53 Å². The average molecular weight is 751 g/mol. The highest BCUT2D eigenvalue weighted by Crippen LogP contribution is 2.68. The molecule has 0 aromatic heterocycles. The van der Waals surface area contributed by atoms with Crippen LogP contribution in [0, 0.1) is 58.2 Å². The number of hydrogen-bond donors (Lipinski definition) is 0. The molecule has 10 atom stereocenters. The largest absolute Gasteiger partial charge is 0.462 e. The Balaban J connectivity index is 0.966. The van der Waals surface area contributed by atoms with Gasteiger partial charge < -0.3 is 4.74 Å². The Labute approximate surface area is 338 Å². The van der Waals surface area contributed by atoms with Crippen LogP contribution in [0.1, 0.15) is 247 Å². The zero-order chi connectivity index (χ0) is 38.7. The van der Waals surface area contributed by atoms with Crippen LogP contribution in [0.2, 0.25) is 0 Å². The summed E-state index contributed by atoms with van der Waals surface area (Å²) < 4.78 is 5.73. The summed E-state index contributed by atoms with van der Waals surface area (Å²) in [5, 5.41) is 0. The highest BCUT2D eigenvalue weighted by Gasteiger charge is 2.60. The summed E-state index contributed by atoms with van der Waals surface area (Å²) in [6.07, 6.45) is 49.2. The molecule has 0 N–H and O–H groups in total. The van der Waals surface area contributed by atoms with Crippen molar-refractivity contribution in [3.05, 3.63) is 12.2 Å². The van der Waals surface area contributed by atoms with Crippen molar-refractivity contribution in [3.8, 4) is 0 Å². The number of fused-ring (bicyclic) bond motifs is 5. The third-order valence-corrected chi connectivity index (χ3v) is 17.1. The number of carbonyl (C=O) groups is 1. The van der Waals surface area contributed by atoms with E-state index in [1.54, 1.807) is 6.08 Å². The number of carbonyl (C=O) groups excluding carboxylic acids is 1. The first-order valence-electron chi connectivity index (χ1n) is 25.0. The molecule has 0 aromatic rings. The van der Waals surface area contributed by atoms with Crippen molar-refractivity contribution in [2.24, 2.45) is 58.2 Å². The van der Waals surface area contributed by atoms with Gasteiger partial charge in [-0.15, -0.1) is 0 Å². The third kappa shape index (κ3) is 13.9. The predicted octanol–water partition coefficient (Wildman–Crippen LogP) is 16.6. The molecule has 0 bridgehead atoms. The van der Waals surface area contributed by atoms with Crippen molar-refractivity contribution in [1.29, 1.82) is 0 Å². The van der Waals surface area contributed by atoms with E-state index < -0.39 is 0 Å². The number of allylic oxidation sites excluding steroid dienone is 1. The quantitative estimate of drug-likeness (QED) is 0.0452. The van der Waals surface area contributed by atoms with Gasteiger partial charge in [0.05, 0.1) is 6.61 Å². The molecule has 4 aliphatic rings. The molecule has 2 nitrogen and oxygen atoms in total. The predicted molar refractivity (Wildman–Crippen MR) is 235 cm³/mol. The van der Waals surface area contributed by atoms with E-state index in [2.05, 4.69) is 47.6 Å². The first kappa shape index (κ1) is 45.9. The zero-order valence-corrected chi connectivity index (χ0v) is 37.4. The maximum absolute atomic E-state index is 12.5. The molecule has 4 fully saturated rings. The Bertz CT molecular complexity index is 1030. The fraction of sp³-hybridized carbons (Fsp3) is 0.942. The molecule has 4 rings (SSSR count). The second-order valence-electron chi connectivity index (χ2n) is 20.8. The van der Waals surface area contributed by atoms with Crippen molar-refractivity contribution in [3.63, 3.8) is 0 Å². The van der Waals surface area contributed by atoms with E-state index in [0.717, 1.165) is 41.9 Å². The summed E-state index contributed by atoms with van der Waals surface area (Å²) in [6.45, 7) is 15.6. The molecule has 2 unspecified atom stereocenters. The summed E-state index contributed by atoms with van der Waals surface area (Å²) in [5.74, 6) is 6.62. The van der Waals surface area contributed by atoms with Gasteiger partial charge in [0.2, 0.25) is 0 Å². The van der Waals surface area contributed by atoms with Gasteiger partial charge in [-0.2, -0.15) is 0 Å². The molecule has 0 saturated heterocycles. The van der Waals surface area contributed by atoms with E-state index in [0.29, 0.717) is 29.3 Å². The van der Waals surface area contributed by atoms with Crippen molar-refractivity contribution in [1.82, 2.24) is 0 Å². The minimum atomic E-state index is -0.142. The lowest BCUT2D eigenvalue weighted by molar-refractivity contribution is -0.139. The summed E-state index contributed by atoms with van der Waals surface area (Å²) in [4.78, 5) is 12.5. The van der Waals surface area contributed by atoms with Crippen LogP contribution in [0.4, 0.5) is 0 Å². The highest BCUT2D eigenvalue weighted by molar-refractivity contribution is 5.81. The Kier molecular flexibility index (Phi) is 21.1. The number of hydrogen-bond acceptors (Lipinski definition) is 2. The van der Waals surface area contributed by atoms with Crippen LogP contribution in [-0.4, -0.2) is 12.6 Å². The van der Waals surface area contributed by atoms with Crippen molar-refractivity contribution in [2.75, 3.05) is 6.61 Å². The van der Waals surface area contributed by atoms with E-state index >= 15 is 0 Å². The smallest absolute Gasteiger partial charge is 0.330 e. The molecule has 0 aromatic carbocycles. The molecule has 314 valence electrons. The lowest BCUT2D eigenvalue weighted by atomic mass is 9.44. The molecule has 0 spiro atoms. The number of esters is 1. The minimum Gasteiger partial charge on any atom is -0.462 e. The van der Waals surface area contributed by atoms with Gasteiger partial charge in [0.15, 0.2) is 0 Å². The van der Waals surface area contributed by atoms with Gasteiger partial charge in [-0.3, -0.25) is 0 Å². The standard InChI is InChI=1S/C52H94O2/c1-7-8-9-10-11-12-13-14-15-16-17-18-19-20-21-22-23-24-25-26-27-31-50(53)54-41-44(4)42(2)32-33-43(3)47-36-37-48-46-35-34-45-30-28-29-39-51(45,5)49(46)38-40-52(47,48)6/h27,31,42-49H,7-26,28-30,32-41H2,1-6H3/t42-,43+,44?,45?,46-,47+,48-,49-,51-,52+/m0/s1. The fourth-order valence-electron chi connectivity index (χ4n) is 13.2. The van der Waals surface area contributed by atoms with Gasteiger partial charge in [0.1, 0.15) is 0 Å².